The van der Waals surface area contributed by atoms with E-state index in [-0.39, 0.29) is 18.0 Å². The van der Waals surface area contributed by atoms with Crippen molar-refractivity contribution in [2.45, 2.75) is 58.8 Å². The van der Waals surface area contributed by atoms with Crippen LogP contribution in [0.5, 0.6) is 0 Å². The van der Waals surface area contributed by atoms with Crippen LogP contribution in [0.4, 0.5) is 10.5 Å². The summed E-state index contributed by atoms with van der Waals surface area (Å²) >= 11 is 0. The van der Waals surface area contributed by atoms with Crippen LogP contribution in [0.25, 0.3) is 0 Å². The molecule has 2 aromatic rings. The molecular weight excluding hydrogens is 416 g/mol. The van der Waals surface area contributed by atoms with Crippen molar-refractivity contribution in [2.75, 3.05) is 24.5 Å². The number of ether oxygens (including phenoxy) is 2. The number of rotatable bonds is 4. The Morgan fingerprint density at radius 3 is 2.39 bits per heavy atom. The third-order valence-electron chi connectivity index (χ3n) is 6.27. The highest BCUT2D eigenvalue weighted by Gasteiger charge is 2.30. The Hall–Kier alpha value is -3.02. The molecule has 2 aliphatic rings. The first-order valence-electron chi connectivity index (χ1n) is 11.8. The van der Waals surface area contributed by atoms with Gasteiger partial charge in [-0.3, -0.25) is 4.79 Å². The Bertz CT molecular complexity index is 975. The first-order valence-corrected chi connectivity index (χ1v) is 11.8. The number of nitrogens with zero attached hydrogens (tertiary/aromatic N) is 2. The molecule has 0 radical (unpaired) electrons. The first-order chi connectivity index (χ1) is 15.8. The van der Waals surface area contributed by atoms with E-state index in [2.05, 4.69) is 23.1 Å². The highest BCUT2D eigenvalue weighted by Crippen LogP contribution is 2.29. The number of amides is 1. The van der Waals surface area contributed by atoms with Crippen LogP contribution in [-0.2, 0) is 33.8 Å². The molecule has 0 aromatic heterocycles. The minimum Gasteiger partial charge on any atom is -0.460 e. The van der Waals surface area contributed by atoms with E-state index in [4.69, 9.17) is 9.47 Å². The van der Waals surface area contributed by atoms with Gasteiger partial charge in [0.25, 0.3) is 0 Å². The van der Waals surface area contributed by atoms with Gasteiger partial charge >= 0.3 is 12.1 Å². The Kier molecular flexibility index (Phi) is 6.91. The minimum absolute atomic E-state index is 0.0199. The van der Waals surface area contributed by atoms with E-state index in [1.807, 2.05) is 51.1 Å². The quantitative estimate of drug-likeness (QED) is 0.618. The highest BCUT2D eigenvalue weighted by molar-refractivity contribution is 5.73. The van der Waals surface area contributed by atoms with Gasteiger partial charge in [0.05, 0.1) is 5.92 Å². The molecular formula is C27H34N2O4. The molecule has 0 N–H and O–H groups in total. The van der Waals surface area contributed by atoms with Crippen LogP contribution >= 0.6 is 0 Å². The lowest BCUT2D eigenvalue weighted by Gasteiger charge is -2.35. The normalized spacial score (nSPS) is 16.8. The van der Waals surface area contributed by atoms with Crippen molar-refractivity contribution in [3.05, 3.63) is 65.2 Å². The van der Waals surface area contributed by atoms with Crippen LogP contribution in [0.3, 0.4) is 0 Å². The van der Waals surface area contributed by atoms with Gasteiger partial charge in [-0.15, -0.1) is 0 Å². The second kappa shape index (κ2) is 9.86. The second-order valence-corrected chi connectivity index (χ2v) is 9.96. The lowest BCUT2D eigenvalue weighted by atomic mass is 9.94. The van der Waals surface area contributed by atoms with Crippen molar-refractivity contribution in [3.8, 4) is 0 Å². The van der Waals surface area contributed by atoms with Crippen LogP contribution in [0.2, 0.25) is 0 Å². The molecule has 0 bridgehead atoms. The molecule has 2 aromatic carbocycles. The number of benzene rings is 2. The summed E-state index contributed by atoms with van der Waals surface area (Å²) in [5.74, 6) is -0.0969. The smallest absolute Gasteiger partial charge is 0.410 e. The van der Waals surface area contributed by atoms with E-state index in [1.54, 1.807) is 4.90 Å². The van der Waals surface area contributed by atoms with Gasteiger partial charge in [-0.1, -0.05) is 36.4 Å². The molecule has 1 saturated heterocycles. The van der Waals surface area contributed by atoms with Crippen LogP contribution in [-0.4, -0.2) is 42.2 Å². The van der Waals surface area contributed by atoms with Gasteiger partial charge in [0.2, 0.25) is 0 Å². The maximum atomic E-state index is 12.5. The van der Waals surface area contributed by atoms with E-state index in [1.165, 1.54) is 16.8 Å². The highest BCUT2D eigenvalue weighted by atomic mass is 16.6. The first kappa shape index (κ1) is 23.1. The molecule has 0 saturated carbocycles. The number of carbonyl (C=O) groups excluding carboxylic acids is 2. The fourth-order valence-corrected chi connectivity index (χ4v) is 4.46. The molecule has 0 atom stereocenters. The van der Waals surface area contributed by atoms with Gasteiger partial charge in [0.15, 0.2) is 0 Å². The zero-order chi connectivity index (χ0) is 23.4. The Labute approximate surface area is 196 Å². The van der Waals surface area contributed by atoms with Crippen molar-refractivity contribution in [2.24, 2.45) is 5.92 Å². The summed E-state index contributed by atoms with van der Waals surface area (Å²) in [6.45, 7) is 8.96. The Morgan fingerprint density at radius 1 is 0.970 bits per heavy atom. The summed E-state index contributed by atoms with van der Waals surface area (Å²) in [5, 5.41) is 0. The van der Waals surface area contributed by atoms with Gasteiger partial charge in [0, 0.05) is 31.9 Å². The van der Waals surface area contributed by atoms with Crippen molar-refractivity contribution in [3.63, 3.8) is 0 Å². The Balaban J connectivity index is 1.30. The van der Waals surface area contributed by atoms with E-state index in [0.717, 1.165) is 37.9 Å². The molecule has 6 heteroatoms. The van der Waals surface area contributed by atoms with Crippen molar-refractivity contribution >= 4 is 17.7 Å². The monoisotopic (exact) mass is 450 g/mol. The second-order valence-electron chi connectivity index (χ2n) is 9.96. The van der Waals surface area contributed by atoms with E-state index >= 15 is 0 Å². The SMILES string of the molecule is CC(C)(C)OC(=O)C1CCN(c2ccc3c(c2)CCN(C(=O)OCc2ccccc2)C3)CC1. The zero-order valence-electron chi connectivity index (χ0n) is 19.9. The molecule has 0 unspecified atom stereocenters. The minimum atomic E-state index is -0.436. The standard InChI is InChI=1S/C27H34N2O4/c1-27(2,3)33-25(30)21-11-14-28(15-12-21)24-10-9-23-18-29(16-13-22(23)17-24)26(31)32-19-20-7-5-4-6-8-20/h4-10,17,21H,11-16,18-19H2,1-3H3. The molecule has 176 valence electrons. The molecule has 6 nitrogen and oxygen atoms in total. The maximum absolute atomic E-state index is 12.5. The average molecular weight is 451 g/mol. The largest absolute Gasteiger partial charge is 0.460 e. The number of piperidine rings is 1. The van der Waals surface area contributed by atoms with Crippen molar-refractivity contribution < 1.29 is 19.1 Å². The molecule has 4 rings (SSSR count). The van der Waals surface area contributed by atoms with E-state index in [0.29, 0.717) is 19.7 Å². The molecule has 33 heavy (non-hydrogen) atoms. The number of hydrogen-bond donors (Lipinski definition) is 0. The van der Waals surface area contributed by atoms with Gasteiger partial charge < -0.3 is 19.3 Å². The molecule has 1 amide bonds. The number of fused-ring (bicyclic) bond motifs is 1. The molecule has 2 heterocycles. The van der Waals surface area contributed by atoms with Crippen LogP contribution in [0.15, 0.2) is 48.5 Å². The summed E-state index contributed by atoms with van der Waals surface area (Å²) in [7, 11) is 0. The van der Waals surface area contributed by atoms with Gasteiger partial charge in [-0.25, -0.2) is 4.79 Å². The van der Waals surface area contributed by atoms with Crippen LogP contribution in [0.1, 0.15) is 50.3 Å². The lowest BCUT2D eigenvalue weighted by molar-refractivity contribution is -0.160. The molecule has 0 spiro atoms. The van der Waals surface area contributed by atoms with Crippen molar-refractivity contribution in [1.82, 2.24) is 4.90 Å². The van der Waals surface area contributed by atoms with Gasteiger partial charge in [-0.05, 0) is 68.9 Å². The summed E-state index contributed by atoms with van der Waals surface area (Å²) in [4.78, 5) is 29.0. The zero-order valence-corrected chi connectivity index (χ0v) is 19.9. The van der Waals surface area contributed by atoms with Crippen LogP contribution in [0, 0.1) is 5.92 Å². The van der Waals surface area contributed by atoms with Crippen LogP contribution < -0.4 is 4.90 Å². The number of anilines is 1. The van der Waals surface area contributed by atoms with Gasteiger partial charge in [0.1, 0.15) is 12.2 Å². The predicted molar refractivity (Wildman–Crippen MR) is 128 cm³/mol. The summed E-state index contributed by atoms with van der Waals surface area (Å²) in [5.41, 5.74) is 4.20. The summed E-state index contributed by atoms with van der Waals surface area (Å²) in [6.07, 6.45) is 2.18. The van der Waals surface area contributed by atoms with E-state index in [9.17, 15) is 9.59 Å². The molecule has 0 aliphatic carbocycles. The van der Waals surface area contributed by atoms with Gasteiger partial charge in [-0.2, -0.15) is 0 Å². The van der Waals surface area contributed by atoms with E-state index < -0.39 is 5.60 Å². The average Bonchev–Trinajstić information content (AvgIpc) is 2.81. The third-order valence-corrected chi connectivity index (χ3v) is 6.27. The third kappa shape index (κ3) is 6.06. The Morgan fingerprint density at radius 2 is 1.70 bits per heavy atom. The summed E-state index contributed by atoms with van der Waals surface area (Å²) in [6, 6.07) is 16.2. The lowest BCUT2D eigenvalue weighted by Crippen LogP contribution is -2.39. The predicted octanol–water partition coefficient (Wildman–Crippen LogP) is 4.94. The molecule has 1 fully saturated rings. The van der Waals surface area contributed by atoms with Crippen molar-refractivity contribution in [1.29, 1.82) is 0 Å². The fourth-order valence-electron chi connectivity index (χ4n) is 4.46. The summed E-state index contributed by atoms with van der Waals surface area (Å²) < 4.78 is 11.1. The number of carbonyl (C=O) groups is 2. The number of hydrogen-bond acceptors (Lipinski definition) is 5. The topological polar surface area (TPSA) is 59.1 Å². The number of esters is 1. The maximum Gasteiger partial charge on any atom is 0.410 e. The molecule has 2 aliphatic heterocycles. The fraction of sp³-hybridized carbons (Fsp3) is 0.481.